The van der Waals surface area contributed by atoms with E-state index in [9.17, 15) is 4.79 Å². The van der Waals surface area contributed by atoms with Crippen LogP contribution in [0, 0.1) is 0 Å². The molecule has 0 aromatic heterocycles. The fourth-order valence-electron chi connectivity index (χ4n) is 2.25. The summed E-state index contributed by atoms with van der Waals surface area (Å²) in [5.74, 6) is 0.756. The van der Waals surface area contributed by atoms with Crippen molar-refractivity contribution in [2.45, 2.75) is 38.3 Å². The van der Waals surface area contributed by atoms with Gasteiger partial charge in [0.1, 0.15) is 5.75 Å². The van der Waals surface area contributed by atoms with Gasteiger partial charge in [-0.25, -0.2) is 0 Å². The highest BCUT2D eigenvalue weighted by Gasteiger charge is 2.20. The van der Waals surface area contributed by atoms with Crippen LogP contribution in [0.25, 0.3) is 0 Å². The summed E-state index contributed by atoms with van der Waals surface area (Å²) in [4.78, 5) is 11.8. The highest BCUT2D eigenvalue weighted by atomic mass is 16.5. The second kappa shape index (κ2) is 7.14. The van der Waals surface area contributed by atoms with E-state index in [1.54, 1.807) is 24.3 Å². The smallest absolute Gasteiger partial charge is 0.223 e. The number of amides is 1. The lowest BCUT2D eigenvalue weighted by Crippen LogP contribution is -2.41. The Bertz CT molecular complexity index is 433. The van der Waals surface area contributed by atoms with E-state index >= 15 is 0 Å². The van der Waals surface area contributed by atoms with Crippen molar-refractivity contribution in [1.29, 1.82) is 0 Å². The lowest BCUT2D eigenvalue weighted by atomic mass is 10.0. The van der Waals surface area contributed by atoms with Gasteiger partial charge in [-0.05, 0) is 44.0 Å². The van der Waals surface area contributed by atoms with E-state index in [2.05, 4.69) is 5.32 Å². The number of benzene rings is 1. The Kier molecular flexibility index (Phi) is 5.24. The zero-order chi connectivity index (χ0) is 14.4. The van der Waals surface area contributed by atoms with Gasteiger partial charge >= 0.3 is 0 Å². The average molecular weight is 278 g/mol. The average Bonchev–Trinajstić information content (AvgIpc) is 2.41. The van der Waals surface area contributed by atoms with E-state index in [1.807, 2.05) is 6.92 Å². The SMILES string of the molecule is CC1CC(NC(=O)CCOc2ccc(N)cc2)CCO1. The van der Waals surface area contributed by atoms with Crippen LogP contribution in [0.15, 0.2) is 24.3 Å². The Morgan fingerprint density at radius 3 is 2.90 bits per heavy atom. The number of rotatable bonds is 5. The fourth-order valence-corrected chi connectivity index (χ4v) is 2.25. The molecule has 1 heterocycles. The molecule has 0 radical (unpaired) electrons. The van der Waals surface area contributed by atoms with Gasteiger partial charge in [0.25, 0.3) is 0 Å². The largest absolute Gasteiger partial charge is 0.493 e. The van der Waals surface area contributed by atoms with Gasteiger partial charge in [-0.1, -0.05) is 0 Å². The van der Waals surface area contributed by atoms with Crippen molar-refractivity contribution in [2.75, 3.05) is 18.9 Å². The van der Waals surface area contributed by atoms with Gasteiger partial charge in [0.2, 0.25) is 5.91 Å². The molecule has 3 N–H and O–H groups in total. The maximum Gasteiger partial charge on any atom is 0.223 e. The van der Waals surface area contributed by atoms with Crippen LogP contribution in [0.5, 0.6) is 5.75 Å². The van der Waals surface area contributed by atoms with Gasteiger partial charge in [-0.15, -0.1) is 0 Å². The second-order valence-corrected chi connectivity index (χ2v) is 5.14. The van der Waals surface area contributed by atoms with E-state index in [1.165, 1.54) is 0 Å². The van der Waals surface area contributed by atoms with E-state index in [0.29, 0.717) is 25.3 Å². The monoisotopic (exact) mass is 278 g/mol. The topological polar surface area (TPSA) is 73.6 Å². The van der Waals surface area contributed by atoms with Gasteiger partial charge in [-0.2, -0.15) is 0 Å². The molecule has 1 fully saturated rings. The number of ether oxygens (including phenoxy) is 2. The summed E-state index contributed by atoms with van der Waals surface area (Å²) < 4.78 is 11.0. The number of nitrogens with one attached hydrogen (secondary N) is 1. The Hall–Kier alpha value is -1.75. The van der Waals surface area contributed by atoms with Crippen molar-refractivity contribution in [2.24, 2.45) is 0 Å². The van der Waals surface area contributed by atoms with Crippen LogP contribution in [-0.2, 0) is 9.53 Å². The van der Waals surface area contributed by atoms with E-state index < -0.39 is 0 Å². The molecule has 1 saturated heterocycles. The van der Waals surface area contributed by atoms with Crippen molar-refractivity contribution >= 4 is 11.6 Å². The Morgan fingerprint density at radius 2 is 2.20 bits per heavy atom. The van der Waals surface area contributed by atoms with Crippen molar-refractivity contribution in [3.05, 3.63) is 24.3 Å². The van der Waals surface area contributed by atoms with Crippen LogP contribution >= 0.6 is 0 Å². The lowest BCUT2D eigenvalue weighted by molar-refractivity contribution is -0.123. The first-order valence-corrected chi connectivity index (χ1v) is 7.03. The molecule has 2 unspecified atom stereocenters. The molecule has 5 nitrogen and oxygen atoms in total. The first kappa shape index (κ1) is 14.7. The minimum atomic E-state index is 0.0274. The number of hydrogen-bond acceptors (Lipinski definition) is 4. The van der Waals surface area contributed by atoms with Crippen LogP contribution < -0.4 is 15.8 Å². The number of carbonyl (C=O) groups is 1. The fraction of sp³-hybridized carbons (Fsp3) is 0.533. The van der Waals surface area contributed by atoms with Gasteiger partial charge in [0.05, 0.1) is 19.1 Å². The van der Waals surface area contributed by atoms with E-state index in [4.69, 9.17) is 15.2 Å². The summed E-state index contributed by atoms with van der Waals surface area (Å²) >= 11 is 0. The molecule has 0 saturated carbocycles. The molecule has 20 heavy (non-hydrogen) atoms. The van der Waals surface area contributed by atoms with Crippen LogP contribution in [0.3, 0.4) is 0 Å². The summed E-state index contributed by atoms with van der Waals surface area (Å²) in [6.45, 7) is 3.12. The number of carbonyl (C=O) groups excluding carboxylic acids is 1. The normalized spacial score (nSPS) is 22.2. The molecule has 2 atom stereocenters. The van der Waals surface area contributed by atoms with Gasteiger partial charge in [0.15, 0.2) is 0 Å². The molecular weight excluding hydrogens is 256 g/mol. The Labute approximate surface area is 119 Å². The second-order valence-electron chi connectivity index (χ2n) is 5.14. The third kappa shape index (κ3) is 4.74. The van der Waals surface area contributed by atoms with E-state index in [-0.39, 0.29) is 18.1 Å². The summed E-state index contributed by atoms with van der Waals surface area (Å²) in [5, 5.41) is 3.03. The highest BCUT2D eigenvalue weighted by Crippen LogP contribution is 2.14. The number of nitrogen functional groups attached to an aromatic ring is 1. The summed E-state index contributed by atoms with van der Waals surface area (Å²) in [6.07, 6.45) is 2.34. The Morgan fingerprint density at radius 1 is 1.45 bits per heavy atom. The summed E-state index contributed by atoms with van der Waals surface area (Å²) in [5.41, 5.74) is 6.29. The van der Waals surface area contributed by atoms with Crippen LogP contribution in [0.2, 0.25) is 0 Å². The minimum absolute atomic E-state index is 0.0274. The van der Waals surface area contributed by atoms with Crippen molar-refractivity contribution in [1.82, 2.24) is 5.32 Å². The molecule has 5 heteroatoms. The number of anilines is 1. The van der Waals surface area contributed by atoms with Gasteiger partial charge in [-0.3, -0.25) is 4.79 Å². The third-order valence-electron chi connectivity index (χ3n) is 3.33. The molecule has 0 spiro atoms. The van der Waals surface area contributed by atoms with Crippen LogP contribution in [0.1, 0.15) is 26.2 Å². The maximum atomic E-state index is 11.8. The summed E-state index contributed by atoms with van der Waals surface area (Å²) in [6, 6.07) is 7.38. The number of hydrogen-bond donors (Lipinski definition) is 2. The van der Waals surface area contributed by atoms with E-state index in [0.717, 1.165) is 18.6 Å². The molecule has 110 valence electrons. The minimum Gasteiger partial charge on any atom is -0.493 e. The predicted molar refractivity (Wildman–Crippen MR) is 77.5 cm³/mol. The van der Waals surface area contributed by atoms with Crippen LogP contribution in [0.4, 0.5) is 5.69 Å². The maximum absolute atomic E-state index is 11.8. The van der Waals surface area contributed by atoms with Crippen LogP contribution in [-0.4, -0.2) is 31.3 Å². The molecule has 2 rings (SSSR count). The van der Waals surface area contributed by atoms with Gasteiger partial charge in [0, 0.05) is 18.3 Å². The Balaban J connectivity index is 1.66. The molecule has 1 aliphatic rings. The number of nitrogens with two attached hydrogens (primary N) is 1. The third-order valence-corrected chi connectivity index (χ3v) is 3.33. The molecule has 1 aliphatic heterocycles. The first-order chi connectivity index (χ1) is 9.63. The predicted octanol–water partition coefficient (Wildman–Crippen LogP) is 1.72. The van der Waals surface area contributed by atoms with Gasteiger partial charge < -0.3 is 20.5 Å². The zero-order valence-corrected chi connectivity index (χ0v) is 11.8. The van der Waals surface area contributed by atoms with Crippen molar-refractivity contribution in [3.63, 3.8) is 0 Å². The first-order valence-electron chi connectivity index (χ1n) is 7.03. The highest BCUT2D eigenvalue weighted by molar-refractivity contribution is 5.76. The molecule has 0 aliphatic carbocycles. The van der Waals surface area contributed by atoms with Crippen molar-refractivity contribution < 1.29 is 14.3 Å². The quantitative estimate of drug-likeness (QED) is 0.804. The molecule has 0 bridgehead atoms. The zero-order valence-electron chi connectivity index (χ0n) is 11.8. The summed E-state index contributed by atoms with van der Waals surface area (Å²) in [7, 11) is 0. The molecule has 1 aromatic rings. The molecular formula is C15H22N2O3. The lowest BCUT2D eigenvalue weighted by Gasteiger charge is -2.27. The molecule has 1 amide bonds. The molecule has 1 aromatic carbocycles. The van der Waals surface area contributed by atoms with Crippen molar-refractivity contribution in [3.8, 4) is 5.75 Å². The standard InChI is InChI=1S/C15H22N2O3/c1-11-10-13(6-8-19-11)17-15(18)7-9-20-14-4-2-12(16)3-5-14/h2-5,11,13H,6-10,16H2,1H3,(H,17,18).